The van der Waals surface area contributed by atoms with Crippen LogP contribution in [-0.2, 0) is 17.6 Å². The number of carbonyl (C=O) groups is 1. The Hall–Kier alpha value is -1.62. The van der Waals surface area contributed by atoms with Crippen LogP contribution < -0.4 is 5.32 Å². The predicted octanol–water partition coefficient (Wildman–Crippen LogP) is 3.21. The Balaban J connectivity index is 1.30. The van der Waals surface area contributed by atoms with Crippen molar-refractivity contribution in [1.29, 1.82) is 0 Å². The maximum Gasteiger partial charge on any atom is 0.225 e. The fourth-order valence-electron chi connectivity index (χ4n) is 4.38. The van der Waals surface area contributed by atoms with E-state index in [1.165, 1.54) is 43.2 Å². The standard InChI is InChI=1S/C20H27N3OS/c24-19(22-10-1-2-11-22)16-8-12-23(13-9-16)20(25)21-18-7-6-15-4-3-5-17(15)14-18/h6-7,14,16H,1-5,8-13H2,(H,21,25). The fourth-order valence-corrected chi connectivity index (χ4v) is 4.68. The van der Waals surface area contributed by atoms with Crippen LogP contribution in [0.5, 0.6) is 0 Å². The molecule has 2 saturated heterocycles. The molecule has 25 heavy (non-hydrogen) atoms. The van der Waals surface area contributed by atoms with E-state index in [-0.39, 0.29) is 5.92 Å². The van der Waals surface area contributed by atoms with Crippen LogP contribution in [0.2, 0.25) is 0 Å². The molecule has 1 aromatic rings. The van der Waals surface area contributed by atoms with Crippen molar-refractivity contribution in [1.82, 2.24) is 9.80 Å². The first kappa shape index (κ1) is 16.8. The van der Waals surface area contributed by atoms with Gasteiger partial charge in [0.05, 0.1) is 0 Å². The summed E-state index contributed by atoms with van der Waals surface area (Å²) in [5, 5.41) is 4.20. The molecule has 0 bridgehead atoms. The first-order valence-corrected chi connectivity index (χ1v) is 10.1. The summed E-state index contributed by atoms with van der Waals surface area (Å²) >= 11 is 5.61. The first-order chi connectivity index (χ1) is 12.2. The van der Waals surface area contributed by atoms with Gasteiger partial charge in [-0.05, 0) is 80.4 Å². The molecule has 3 aliphatic rings. The third-order valence-corrected chi connectivity index (χ3v) is 6.26. The zero-order valence-corrected chi connectivity index (χ0v) is 15.6. The molecule has 0 saturated carbocycles. The average Bonchev–Trinajstić information content (AvgIpc) is 3.32. The second-order valence-electron chi connectivity index (χ2n) is 7.56. The molecule has 5 heteroatoms. The van der Waals surface area contributed by atoms with Crippen LogP contribution >= 0.6 is 12.2 Å². The van der Waals surface area contributed by atoms with E-state index in [1.54, 1.807) is 0 Å². The summed E-state index contributed by atoms with van der Waals surface area (Å²) in [4.78, 5) is 16.8. The quantitative estimate of drug-likeness (QED) is 0.825. The van der Waals surface area contributed by atoms with Crippen molar-refractivity contribution >= 4 is 28.9 Å². The van der Waals surface area contributed by atoms with Gasteiger partial charge in [0.2, 0.25) is 5.91 Å². The third-order valence-electron chi connectivity index (χ3n) is 5.90. The number of rotatable bonds is 2. The Morgan fingerprint density at radius 3 is 2.44 bits per heavy atom. The highest BCUT2D eigenvalue weighted by molar-refractivity contribution is 7.80. The molecular weight excluding hydrogens is 330 g/mol. The summed E-state index contributed by atoms with van der Waals surface area (Å²) in [5.41, 5.74) is 4.04. The van der Waals surface area contributed by atoms with Crippen LogP contribution in [0.4, 0.5) is 5.69 Å². The van der Waals surface area contributed by atoms with Gasteiger partial charge in [-0.25, -0.2) is 0 Å². The van der Waals surface area contributed by atoms with Crippen LogP contribution in [0.3, 0.4) is 0 Å². The topological polar surface area (TPSA) is 35.6 Å². The van der Waals surface area contributed by atoms with E-state index < -0.39 is 0 Å². The zero-order valence-electron chi connectivity index (χ0n) is 14.8. The predicted molar refractivity (Wildman–Crippen MR) is 105 cm³/mol. The highest BCUT2D eigenvalue weighted by Gasteiger charge is 2.30. The number of piperidine rings is 1. The number of amides is 1. The van der Waals surface area contributed by atoms with Crippen molar-refractivity contribution < 1.29 is 4.79 Å². The molecule has 2 heterocycles. The second kappa shape index (κ2) is 7.32. The lowest BCUT2D eigenvalue weighted by atomic mass is 9.95. The van der Waals surface area contributed by atoms with Crippen molar-refractivity contribution in [2.24, 2.45) is 5.92 Å². The number of hydrogen-bond acceptors (Lipinski definition) is 2. The first-order valence-electron chi connectivity index (χ1n) is 9.67. The monoisotopic (exact) mass is 357 g/mol. The van der Waals surface area contributed by atoms with E-state index in [0.29, 0.717) is 5.91 Å². The van der Waals surface area contributed by atoms with Gasteiger partial charge in [-0.15, -0.1) is 0 Å². The smallest absolute Gasteiger partial charge is 0.225 e. The Morgan fingerprint density at radius 2 is 1.68 bits per heavy atom. The van der Waals surface area contributed by atoms with Crippen molar-refractivity contribution in [2.45, 2.75) is 44.9 Å². The molecule has 1 aliphatic carbocycles. The third kappa shape index (κ3) is 3.66. The Bertz CT molecular complexity index is 661. The van der Waals surface area contributed by atoms with E-state index in [0.717, 1.165) is 49.8 Å². The molecule has 0 unspecified atom stereocenters. The summed E-state index contributed by atoms with van der Waals surface area (Å²) in [6.07, 6.45) is 7.82. The van der Waals surface area contributed by atoms with Gasteiger partial charge in [-0.2, -0.15) is 0 Å². The van der Waals surface area contributed by atoms with Gasteiger partial charge in [-0.1, -0.05) is 6.07 Å². The van der Waals surface area contributed by atoms with Crippen LogP contribution in [0.25, 0.3) is 0 Å². The molecule has 0 radical (unpaired) electrons. The SMILES string of the molecule is O=C(C1CCN(C(=S)Nc2ccc3c(c2)CCC3)CC1)N1CCCC1. The molecule has 0 aromatic heterocycles. The molecule has 0 atom stereocenters. The summed E-state index contributed by atoms with van der Waals surface area (Å²) in [5.74, 6) is 0.562. The van der Waals surface area contributed by atoms with E-state index in [9.17, 15) is 4.79 Å². The molecule has 2 fully saturated rings. The normalized spacial score (nSPS) is 20.6. The van der Waals surface area contributed by atoms with Crippen molar-refractivity contribution in [3.8, 4) is 0 Å². The van der Waals surface area contributed by atoms with Gasteiger partial charge in [0.1, 0.15) is 0 Å². The number of fused-ring (bicyclic) bond motifs is 1. The average molecular weight is 358 g/mol. The molecule has 4 nitrogen and oxygen atoms in total. The molecule has 4 rings (SSSR count). The molecule has 2 aliphatic heterocycles. The van der Waals surface area contributed by atoms with E-state index in [4.69, 9.17) is 12.2 Å². The second-order valence-corrected chi connectivity index (χ2v) is 7.95. The minimum Gasteiger partial charge on any atom is -0.349 e. The number of anilines is 1. The van der Waals surface area contributed by atoms with Crippen molar-refractivity contribution in [3.63, 3.8) is 0 Å². The summed E-state index contributed by atoms with van der Waals surface area (Å²) in [6, 6.07) is 6.62. The molecule has 1 N–H and O–H groups in total. The number of thiocarbonyl (C=S) groups is 1. The van der Waals surface area contributed by atoms with Crippen LogP contribution in [0.1, 0.15) is 43.2 Å². The zero-order chi connectivity index (χ0) is 17.2. The maximum absolute atomic E-state index is 12.5. The lowest BCUT2D eigenvalue weighted by Crippen LogP contribution is -2.45. The van der Waals surface area contributed by atoms with Gasteiger partial charge >= 0.3 is 0 Å². The molecular formula is C20H27N3OS. The van der Waals surface area contributed by atoms with E-state index >= 15 is 0 Å². The number of carbonyl (C=O) groups excluding carboxylic acids is 1. The van der Waals surface area contributed by atoms with Gasteiger partial charge in [0, 0.05) is 37.8 Å². The number of benzene rings is 1. The molecule has 1 amide bonds. The van der Waals surface area contributed by atoms with Crippen molar-refractivity contribution in [2.75, 3.05) is 31.5 Å². The minimum atomic E-state index is 0.192. The fraction of sp³-hybridized carbons (Fsp3) is 0.600. The highest BCUT2D eigenvalue weighted by Crippen LogP contribution is 2.26. The van der Waals surface area contributed by atoms with Gasteiger partial charge in [0.25, 0.3) is 0 Å². The van der Waals surface area contributed by atoms with Crippen molar-refractivity contribution in [3.05, 3.63) is 29.3 Å². The van der Waals surface area contributed by atoms with E-state index in [2.05, 4.69) is 33.3 Å². The molecule has 0 spiro atoms. The Labute approximate surface area is 155 Å². The Morgan fingerprint density at radius 1 is 0.960 bits per heavy atom. The number of likely N-dealkylation sites (tertiary alicyclic amines) is 2. The van der Waals surface area contributed by atoms with Crippen LogP contribution in [-0.4, -0.2) is 47.0 Å². The largest absolute Gasteiger partial charge is 0.349 e. The van der Waals surface area contributed by atoms with Gasteiger partial charge in [-0.3, -0.25) is 4.79 Å². The minimum absolute atomic E-state index is 0.192. The van der Waals surface area contributed by atoms with Crippen LogP contribution in [0, 0.1) is 5.92 Å². The van der Waals surface area contributed by atoms with Crippen LogP contribution in [0.15, 0.2) is 18.2 Å². The maximum atomic E-state index is 12.5. The van der Waals surface area contributed by atoms with Gasteiger partial charge in [0.15, 0.2) is 5.11 Å². The number of aryl methyl sites for hydroxylation is 2. The number of nitrogens with one attached hydrogen (secondary N) is 1. The molecule has 1 aromatic carbocycles. The molecule has 134 valence electrons. The lowest BCUT2D eigenvalue weighted by molar-refractivity contribution is -0.135. The highest BCUT2D eigenvalue weighted by atomic mass is 32.1. The number of hydrogen-bond donors (Lipinski definition) is 1. The summed E-state index contributed by atoms with van der Waals surface area (Å²) in [6.45, 7) is 3.66. The van der Waals surface area contributed by atoms with Gasteiger partial charge < -0.3 is 15.1 Å². The number of nitrogens with zero attached hydrogens (tertiary/aromatic N) is 2. The summed E-state index contributed by atoms with van der Waals surface area (Å²) in [7, 11) is 0. The summed E-state index contributed by atoms with van der Waals surface area (Å²) < 4.78 is 0. The van der Waals surface area contributed by atoms with E-state index in [1.807, 2.05) is 0 Å². The Kier molecular flexibility index (Phi) is 4.93. The lowest BCUT2D eigenvalue weighted by Gasteiger charge is -2.34.